The van der Waals surface area contributed by atoms with Crippen molar-refractivity contribution >= 4 is 28.1 Å². The zero-order valence-electron chi connectivity index (χ0n) is 9.03. The monoisotopic (exact) mass is 251 g/mol. The lowest BCUT2D eigenvalue weighted by Crippen LogP contribution is -2.12. The molecule has 0 saturated heterocycles. The molecule has 0 aliphatic heterocycles. The molecule has 17 heavy (non-hydrogen) atoms. The number of nitrogen functional groups attached to an aromatic ring is 1. The summed E-state index contributed by atoms with van der Waals surface area (Å²) in [5, 5.41) is 4.42. The molecule has 4 nitrogen and oxygen atoms in total. The second-order valence-corrected chi connectivity index (χ2v) is 4.38. The van der Waals surface area contributed by atoms with E-state index in [1.807, 2.05) is 0 Å². The molecule has 1 amide bonds. The van der Waals surface area contributed by atoms with E-state index in [1.165, 1.54) is 17.4 Å². The Morgan fingerprint density at radius 2 is 2.29 bits per heavy atom. The lowest BCUT2D eigenvalue weighted by Gasteiger charge is -2.04. The van der Waals surface area contributed by atoms with Crippen LogP contribution in [-0.4, -0.2) is 10.9 Å². The van der Waals surface area contributed by atoms with E-state index in [-0.39, 0.29) is 11.5 Å². The van der Waals surface area contributed by atoms with Crippen LogP contribution < -0.4 is 11.1 Å². The average Bonchev–Trinajstić information content (AvgIpc) is 2.70. The number of hydrogen-bond acceptors (Lipinski definition) is 4. The van der Waals surface area contributed by atoms with Gasteiger partial charge in [-0.25, -0.2) is 9.37 Å². The average molecular weight is 251 g/mol. The smallest absolute Gasteiger partial charge is 0.275 e. The SMILES string of the molecule is Cc1ccc(NC(=O)c2csc(N)n2)cc1F. The minimum atomic E-state index is -0.402. The molecule has 2 aromatic rings. The van der Waals surface area contributed by atoms with E-state index < -0.39 is 5.91 Å². The molecule has 0 unspecified atom stereocenters. The minimum Gasteiger partial charge on any atom is -0.375 e. The van der Waals surface area contributed by atoms with Gasteiger partial charge in [-0.05, 0) is 24.6 Å². The number of nitrogens with zero attached hydrogens (tertiary/aromatic N) is 1. The summed E-state index contributed by atoms with van der Waals surface area (Å²) in [6.45, 7) is 1.65. The summed E-state index contributed by atoms with van der Waals surface area (Å²) in [7, 11) is 0. The molecule has 0 atom stereocenters. The van der Waals surface area contributed by atoms with Gasteiger partial charge >= 0.3 is 0 Å². The van der Waals surface area contributed by atoms with Crippen LogP contribution in [0.1, 0.15) is 16.1 Å². The van der Waals surface area contributed by atoms with Gasteiger partial charge in [-0.1, -0.05) is 6.07 Å². The fraction of sp³-hybridized carbons (Fsp3) is 0.0909. The summed E-state index contributed by atoms with van der Waals surface area (Å²) in [6, 6.07) is 4.50. The molecular formula is C11H10FN3OS. The lowest BCUT2D eigenvalue weighted by molar-refractivity contribution is 0.102. The normalized spacial score (nSPS) is 10.2. The van der Waals surface area contributed by atoms with Crippen molar-refractivity contribution in [3.05, 3.63) is 40.7 Å². The Labute approximate surface area is 101 Å². The van der Waals surface area contributed by atoms with Crippen molar-refractivity contribution in [2.45, 2.75) is 6.92 Å². The lowest BCUT2D eigenvalue weighted by atomic mass is 10.2. The summed E-state index contributed by atoms with van der Waals surface area (Å²) in [6.07, 6.45) is 0. The molecule has 1 aromatic carbocycles. The maximum atomic E-state index is 13.3. The van der Waals surface area contributed by atoms with Crippen molar-refractivity contribution in [1.82, 2.24) is 4.98 Å². The zero-order valence-corrected chi connectivity index (χ0v) is 9.84. The van der Waals surface area contributed by atoms with E-state index in [4.69, 9.17) is 5.73 Å². The van der Waals surface area contributed by atoms with Crippen LogP contribution >= 0.6 is 11.3 Å². The molecule has 1 aromatic heterocycles. The predicted octanol–water partition coefficient (Wildman–Crippen LogP) is 2.43. The van der Waals surface area contributed by atoms with Crippen LogP contribution in [0.25, 0.3) is 0 Å². The Morgan fingerprint density at radius 1 is 1.53 bits per heavy atom. The minimum absolute atomic E-state index is 0.230. The van der Waals surface area contributed by atoms with Crippen LogP contribution in [0.2, 0.25) is 0 Å². The number of thiazole rings is 1. The van der Waals surface area contributed by atoms with Crippen molar-refractivity contribution in [2.24, 2.45) is 0 Å². The summed E-state index contributed by atoms with van der Waals surface area (Å²) in [4.78, 5) is 15.5. The molecule has 88 valence electrons. The van der Waals surface area contributed by atoms with E-state index >= 15 is 0 Å². The molecule has 0 bridgehead atoms. The number of halogens is 1. The first-order chi connectivity index (χ1) is 8.06. The van der Waals surface area contributed by atoms with Crippen LogP contribution in [0, 0.1) is 12.7 Å². The zero-order chi connectivity index (χ0) is 12.4. The van der Waals surface area contributed by atoms with Crippen molar-refractivity contribution in [2.75, 3.05) is 11.1 Å². The summed E-state index contributed by atoms with van der Waals surface area (Å²) < 4.78 is 13.3. The molecule has 0 aliphatic rings. The van der Waals surface area contributed by atoms with Crippen LogP contribution in [0.4, 0.5) is 15.2 Å². The van der Waals surface area contributed by atoms with Gasteiger partial charge in [-0.15, -0.1) is 11.3 Å². The highest BCUT2D eigenvalue weighted by molar-refractivity contribution is 7.13. The Morgan fingerprint density at radius 3 is 2.88 bits per heavy atom. The Balaban J connectivity index is 2.15. The maximum Gasteiger partial charge on any atom is 0.275 e. The van der Waals surface area contributed by atoms with Gasteiger partial charge in [-0.3, -0.25) is 4.79 Å². The fourth-order valence-corrected chi connectivity index (χ4v) is 1.80. The van der Waals surface area contributed by atoms with Gasteiger partial charge in [0.2, 0.25) is 0 Å². The fourth-order valence-electron chi connectivity index (χ4n) is 1.26. The third-order valence-electron chi connectivity index (χ3n) is 2.18. The van der Waals surface area contributed by atoms with Crippen LogP contribution in [0.5, 0.6) is 0 Å². The van der Waals surface area contributed by atoms with Crippen molar-refractivity contribution < 1.29 is 9.18 Å². The third-order valence-corrected chi connectivity index (χ3v) is 2.86. The largest absolute Gasteiger partial charge is 0.375 e. The number of anilines is 2. The first-order valence-corrected chi connectivity index (χ1v) is 5.73. The van der Waals surface area contributed by atoms with Gasteiger partial charge in [-0.2, -0.15) is 0 Å². The van der Waals surface area contributed by atoms with Crippen LogP contribution in [0.15, 0.2) is 23.6 Å². The Kier molecular flexibility index (Phi) is 3.06. The number of benzene rings is 1. The standard InChI is InChI=1S/C11H10FN3OS/c1-6-2-3-7(4-8(6)12)14-10(16)9-5-17-11(13)15-9/h2-5H,1H3,(H2,13,15)(H,14,16). The number of aryl methyl sites for hydroxylation is 1. The molecule has 3 N–H and O–H groups in total. The van der Waals surface area contributed by atoms with Gasteiger partial charge < -0.3 is 11.1 Å². The highest BCUT2D eigenvalue weighted by atomic mass is 32.1. The van der Waals surface area contributed by atoms with Gasteiger partial charge in [0, 0.05) is 11.1 Å². The topological polar surface area (TPSA) is 68.0 Å². The second kappa shape index (κ2) is 4.50. The predicted molar refractivity (Wildman–Crippen MR) is 65.6 cm³/mol. The summed E-state index contributed by atoms with van der Waals surface area (Å²) in [5.41, 5.74) is 6.57. The highest BCUT2D eigenvalue weighted by Gasteiger charge is 2.10. The molecule has 0 radical (unpaired) electrons. The van der Waals surface area contributed by atoms with E-state index in [1.54, 1.807) is 24.4 Å². The molecule has 1 heterocycles. The highest BCUT2D eigenvalue weighted by Crippen LogP contribution is 2.16. The third kappa shape index (κ3) is 2.59. The van der Waals surface area contributed by atoms with E-state index in [2.05, 4.69) is 10.3 Å². The number of aromatic nitrogens is 1. The molecule has 0 aliphatic carbocycles. The quantitative estimate of drug-likeness (QED) is 0.861. The van der Waals surface area contributed by atoms with E-state index in [9.17, 15) is 9.18 Å². The number of nitrogens with one attached hydrogen (secondary N) is 1. The summed E-state index contributed by atoms with van der Waals surface area (Å²) in [5.74, 6) is -0.762. The number of hydrogen-bond donors (Lipinski definition) is 2. The number of carbonyl (C=O) groups excluding carboxylic acids is 1. The molecule has 0 fully saturated rings. The van der Waals surface area contributed by atoms with E-state index in [0.717, 1.165) is 0 Å². The maximum absolute atomic E-state index is 13.3. The first kappa shape index (κ1) is 11.5. The number of amides is 1. The van der Waals surface area contributed by atoms with Crippen LogP contribution in [-0.2, 0) is 0 Å². The molecule has 0 saturated carbocycles. The number of carbonyl (C=O) groups is 1. The van der Waals surface area contributed by atoms with Crippen molar-refractivity contribution in [1.29, 1.82) is 0 Å². The van der Waals surface area contributed by atoms with Crippen LogP contribution in [0.3, 0.4) is 0 Å². The second-order valence-electron chi connectivity index (χ2n) is 3.49. The Hall–Kier alpha value is -1.95. The molecule has 2 rings (SSSR count). The molecule has 6 heteroatoms. The van der Waals surface area contributed by atoms with Gasteiger partial charge in [0.1, 0.15) is 11.5 Å². The van der Waals surface area contributed by atoms with Gasteiger partial charge in [0.15, 0.2) is 5.13 Å². The molecular weight excluding hydrogens is 241 g/mol. The summed E-state index contributed by atoms with van der Waals surface area (Å²) >= 11 is 1.18. The van der Waals surface area contributed by atoms with E-state index in [0.29, 0.717) is 16.4 Å². The van der Waals surface area contributed by atoms with Gasteiger partial charge in [0.05, 0.1) is 0 Å². The molecule has 0 spiro atoms. The Bertz CT molecular complexity index is 568. The number of rotatable bonds is 2. The van der Waals surface area contributed by atoms with Crippen molar-refractivity contribution in [3.63, 3.8) is 0 Å². The van der Waals surface area contributed by atoms with Crippen molar-refractivity contribution in [3.8, 4) is 0 Å². The number of nitrogens with two attached hydrogens (primary N) is 1. The first-order valence-electron chi connectivity index (χ1n) is 4.85. The van der Waals surface area contributed by atoms with Gasteiger partial charge in [0.25, 0.3) is 5.91 Å².